The van der Waals surface area contributed by atoms with E-state index in [1.807, 2.05) is 0 Å². The molecule has 0 saturated carbocycles. The predicted molar refractivity (Wildman–Crippen MR) is 19.7 cm³/mol. The van der Waals surface area contributed by atoms with Gasteiger partial charge in [0.15, 0.2) is 0 Å². The third-order valence-electron chi connectivity index (χ3n) is 0. The van der Waals surface area contributed by atoms with Crippen LogP contribution in [0.1, 0.15) is 0 Å². The summed E-state index contributed by atoms with van der Waals surface area (Å²) >= 11 is 0. The molecule has 0 aliphatic heterocycles. The molecule has 0 amide bonds. The van der Waals surface area contributed by atoms with Crippen LogP contribution < -0.4 is 14.7 Å². The SMILES string of the molecule is O=P([O-])([O-])[O-].OOO.[Al+3]. The van der Waals surface area contributed by atoms with Crippen LogP contribution in [0.4, 0.5) is 0 Å². The molecule has 0 fully saturated rings. The second-order valence-electron chi connectivity index (χ2n) is 0.529. The van der Waals surface area contributed by atoms with Gasteiger partial charge in [-0.25, -0.2) is 10.5 Å². The summed E-state index contributed by atoms with van der Waals surface area (Å²) in [5, 5.41) is 15.5. The minimum absolute atomic E-state index is 0. The Bertz CT molecular complexity index is 64.7. The number of hydrogen-bond acceptors (Lipinski definition) is 7. The van der Waals surface area contributed by atoms with Crippen LogP contribution in [0.2, 0.25) is 0 Å². The van der Waals surface area contributed by atoms with Crippen molar-refractivity contribution < 1.29 is 34.8 Å². The first-order valence-electron chi connectivity index (χ1n) is 1.10. The number of rotatable bonds is 0. The molecule has 0 heterocycles. The first-order valence-corrected chi connectivity index (χ1v) is 2.56. The molecule has 7 nitrogen and oxygen atoms in total. The normalized spacial score (nSPS) is 8.56. The summed E-state index contributed by atoms with van der Waals surface area (Å²) in [6.45, 7) is 0. The van der Waals surface area contributed by atoms with Crippen molar-refractivity contribution >= 4 is 25.2 Å². The predicted octanol–water partition coefficient (Wildman–Crippen LogP) is -3.26. The summed E-state index contributed by atoms with van der Waals surface area (Å²) in [5.74, 6) is 0. The van der Waals surface area contributed by atoms with E-state index in [9.17, 15) is 0 Å². The summed E-state index contributed by atoms with van der Waals surface area (Å²) in [7, 11) is -5.39. The molecule has 52 valence electrons. The molecule has 0 unspecified atom stereocenters. The molecule has 0 saturated heterocycles. The maximum absolute atomic E-state index is 8.55. The molecule has 0 aromatic heterocycles. The Morgan fingerprint density at radius 2 is 1.22 bits per heavy atom. The summed E-state index contributed by atoms with van der Waals surface area (Å²) < 4.78 is 8.55. The second kappa shape index (κ2) is 8.52. The Morgan fingerprint density at radius 1 is 1.22 bits per heavy atom. The van der Waals surface area contributed by atoms with Crippen LogP contribution in [0, 0.1) is 0 Å². The van der Waals surface area contributed by atoms with Gasteiger partial charge in [0.1, 0.15) is 0 Å². The maximum Gasteiger partial charge on any atom is 3.00 e. The topological polar surface area (TPSA) is 136 Å². The molecule has 0 bridgehead atoms. The zero-order chi connectivity index (χ0) is 7.21. The van der Waals surface area contributed by atoms with Gasteiger partial charge in [0.25, 0.3) is 0 Å². The van der Waals surface area contributed by atoms with Crippen molar-refractivity contribution in [1.29, 1.82) is 0 Å². The van der Waals surface area contributed by atoms with Gasteiger partial charge in [0.05, 0.1) is 0 Å². The number of phosphoric acid groups is 1. The largest absolute Gasteiger partial charge is 3.00 e. The minimum atomic E-state index is -5.39. The molecule has 9 heteroatoms. The van der Waals surface area contributed by atoms with Crippen molar-refractivity contribution in [2.24, 2.45) is 0 Å². The van der Waals surface area contributed by atoms with Gasteiger partial charge in [-0.2, -0.15) is 7.82 Å². The monoisotopic (exact) mass is 172 g/mol. The fraction of sp³-hybridized carbons (Fsp3) is 0. The van der Waals surface area contributed by atoms with Crippen LogP contribution in [0.3, 0.4) is 0 Å². The molecule has 0 aromatic carbocycles. The van der Waals surface area contributed by atoms with Gasteiger partial charge >= 0.3 is 17.4 Å². The summed E-state index contributed by atoms with van der Waals surface area (Å²) in [6.07, 6.45) is 0. The fourth-order valence-corrected chi connectivity index (χ4v) is 0. The van der Waals surface area contributed by atoms with Crippen molar-refractivity contribution in [1.82, 2.24) is 0 Å². The van der Waals surface area contributed by atoms with E-state index in [1.54, 1.807) is 0 Å². The van der Waals surface area contributed by atoms with E-state index < -0.39 is 7.82 Å². The zero-order valence-electron chi connectivity index (χ0n) is 3.96. The Morgan fingerprint density at radius 3 is 1.22 bits per heavy atom. The van der Waals surface area contributed by atoms with Crippen molar-refractivity contribution in [2.75, 3.05) is 0 Å². The van der Waals surface area contributed by atoms with E-state index >= 15 is 0 Å². The van der Waals surface area contributed by atoms with Gasteiger partial charge in [-0.05, 0) is 0 Å². The molecule has 0 aliphatic rings. The number of hydrogen-bond donors (Lipinski definition) is 2. The van der Waals surface area contributed by atoms with Crippen molar-refractivity contribution in [2.45, 2.75) is 0 Å². The van der Waals surface area contributed by atoms with Crippen molar-refractivity contribution in [3.8, 4) is 0 Å². The van der Waals surface area contributed by atoms with Crippen LogP contribution in [-0.4, -0.2) is 27.9 Å². The Hall–Kier alpha value is 0.522. The van der Waals surface area contributed by atoms with Crippen LogP contribution in [0.25, 0.3) is 0 Å². The third kappa shape index (κ3) is 1330. The van der Waals surface area contributed by atoms with Crippen LogP contribution in [0.15, 0.2) is 0 Å². The minimum Gasteiger partial charge on any atom is -0.822 e. The van der Waals surface area contributed by atoms with Gasteiger partial charge in [-0.3, -0.25) is 0 Å². The van der Waals surface area contributed by atoms with E-state index in [-0.39, 0.29) is 17.4 Å². The van der Waals surface area contributed by atoms with E-state index in [0.717, 1.165) is 0 Å². The average molecular weight is 172 g/mol. The molecule has 2 N–H and O–H groups in total. The van der Waals surface area contributed by atoms with Gasteiger partial charge in [-0.1, -0.05) is 5.04 Å². The van der Waals surface area contributed by atoms with Crippen LogP contribution in [-0.2, 0) is 9.60 Å². The van der Waals surface area contributed by atoms with Crippen LogP contribution in [0.5, 0.6) is 0 Å². The zero-order valence-corrected chi connectivity index (χ0v) is 6.01. The van der Waals surface area contributed by atoms with Gasteiger partial charge in [0.2, 0.25) is 0 Å². The molecule has 0 aromatic rings. The molecule has 0 atom stereocenters. The molecular weight excluding hydrogens is 170 g/mol. The van der Waals surface area contributed by atoms with Crippen LogP contribution >= 0.6 is 7.82 Å². The van der Waals surface area contributed by atoms with Crippen molar-refractivity contribution in [3.63, 3.8) is 0 Å². The smallest absolute Gasteiger partial charge is 0.822 e. The van der Waals surface area contributed by atoms with Gasteiger partial charge < -0.3 is 19.2 Å². The maximum atomic E-state index is 8.55. The molecular formula is H2AlO7P. The fourth-order valence-electron chi connectivity index (χ4n) is 0. The summed E-state index contributed by atoms with van der Waals surface area (Å²) in [6, 6.07) is 0. The summed E-state index contributed by atoms with van der Waals surface area (Å²) in [5.41, 5.74) is 0. The molecule has 0 rings (SSSR count). The third-order valence-corrected chi connectivity index (χ3v) is 0. The molecule has 0 aliphatic carbocycles. The van der Waals surface area contributed by atoms with Gasteiger partial charge in [-0.15, -0.1) is 0 Å². The quantitative estimate of drug-likeness (QED) is 0.169. The van der Waals surface area contributed by atoms with Crippen molar-refractivity contribution in [3.05, 3.63) is 0 Å². The Kier molecular flexibility index (Phi) is 15.4. The molecule has 0 spiro atoms. The molecule has 0 radical (unpaired) electrons. The molecule has 9 heavy (non-hydrogen) atoms. The van der Waals surface area contributed by atoms with E-state index in [1.165, 1.54) is 0 Å². The first kappa shape index (κ1) is 16.3. The Balaban J connectivity index is -0.0000000800. The summed E-state index contributed by atoms with van der Waals surface area (Å²) in [4.78, 5) is 25.6. The second-order valence-corrected chi connectivity index (χ2v) is 1.42. The van der Waals surface area contributed by atoms with E-state index in [0.29, 0.717) is 0 Å². The average Bonchev–Trinajstić information content (AvgIpc) is 1.27. The van der Waals surface area contributed by atoms with E-state index in [2.05, 4.69) is 5.04 Å². The first-order chi connectivity index (χ1) is 3.41. The standard InChI is InChI=1S/Al.H3O4P.H2O3/c;1-5(2,3)4;1-3-2/h;(H3,1,2,3,4);1-2H/q+3;;/p-3. The Labute approximate surface area is 60.7 Å². The van der Waals surface area contributed by atoms with E-state index in [4.69, 9.17) is 29.8 Å². The van der Waals surface area contributed by atoms with Gasteiger partial charge in [0, 0.05) is 0 Å².